The summed E-state index contributed by atoms with van der Waals surface area (Å²) in [6.45, 7) is 6.78. The molecule has 1 aliphatic rings. The number of aromatic nitrogens is 1. The number of carbonyl (C=O) groups is 3. The number of amides is 1. The first-order valence-electron chi connectivity index (χ1n) is 9.61. The number of anilines is 1. The number of hydrogen-bond donors (Lipinski definition) is 1. The van der Waals surface area contributed by atoms with E-state index in [1.165, 1.54) is 18.1 Å². The lowest BCUT2D eigenvalue weighted by Crippen LogP contribution is -2.29. The van der Waals surface area contributed by atoms with Gasteiger partial charge in [0.05, 0.1) is 22.4 Å². The fraction of sp³-hybridized carbons (Fsp3) is 0.217. The fourth-order valence-electron chi connectivity index (χ4n) is 3.69. The van der Waals surface area contributed by atoms with Crippen LogP contribution in [-0.4, -0.2) is 27.6 Å². The van der Waals surface area contributed by atoms with Crippen LogP contribution in [0.4, 0.5) is 5.13 Å². The van der Waals surface area contributed by atoms with Gasteiger partial charge in [-0.3, -0.25) is 19.3 Å². The molecule has 31 heavy (non-hydrogen) atoms. The van der Waals surface area contributed by atoms with Crippen molar-refractivity contribution in [1.29, 1.82) is 0 Å². The van der Waals surface area contributed by atoms with Crippen molar-refractivity contribution in [2.45, 2.75) is 33.7 Å². The molecule has 0 saturated carbocycles. The van der Waals surface area contributed by atoms with Crippen molar-refractivity contribution >= 4 is 39.7 Å². The summed E-state index contributed by atoms with van der Waals surface area (Å²) in [5.74, 6) is -1.82. The van der Waals surface area contributed by atoms with Crippen molar-refractivity contribution in [2.24, 2.45) is 0 Å². The predicted octanol–water partition coefficient (Wildman–Crippen LogP) is 4.49. The first kappa shape index (κ1) is 20.7. The number of carbonyl (C=O) groups excluding carboxylic acids is 3. The van der Waals surface area contributed by atoms with Crippen LogP contribution in [0.2, 0.25) is 0 Å². The number of aliphatic hydroxyl groups excluding tert-OH is 1. The molecule has 3 heterocycles. The number of thiazole rings is 1. The number of hydrogen-bond acceptors (Lipinski definition) is 7. The molecule has 1 fully saturated rings. The number of Topliss-reactive ketones (excluding diaryl/α,β-unsaturated/α-hetero) is 2. The fourth-order valence-corrected chi connectivity index (χ4v) is 4.68. The van der Waals surface area contributed by atoms with Gasteiger partial charge in [0.2, 0.25) is 0 Å². The normalized spacial score (nSPS) is 18.1. The topological polar surface area (TPSA) is 101 Å². The summed E-state index contributed by atoms with van der Waals surface area (Å²) in [6, 6.07) is 7.77. The molecule has 0 aliphatic carbocycles. The molecule has 158 valence electrons. The zero-order valence-electron chi connectivity index (χ0n) is 17.4. The number of aliphatic hydroxyl groups is 1. The molecule has 0 bridgehead atoms. The van der Waals surface area contributed by atoms with E-state index in [9.17, 15) is 19.5 Å². The molecule has 8 heteroatoms. The molecule has 1 N–H and O–H groups in total. The Balaban J connectivity index is 1.95. The van der Waals surface area contributed by atoms with Crippen LogP contribution in [0.25, 0.3) is 5.76 Å². The minimum absolute atomic E-state index is 0.0779. The van der Waals surface area contributed by atoms with Gasteiger partial charge < -0.3 is 9.52 Å². The number of nitrogens with zero attached hydrogens (tertiary/aromatic N) is 2. The van der Waals surface area contributed by atoms with Crippen molar-refractivity contribution in [3.8, 4) is 0 Å². The van der Waals surface area contributed by atoms with Crippen LogP contribution >= 0.6 is 11.3 Å². The lowest BCUT2D eigenvalue weighted by atomic mass is 9.96. The van der Waals surface area contributed by atoms with Crippen molar-refractivity contribution in [2.75, 3.05) is 4.90 Å². The van der Waals surface area contributed by atoms with E-state index >= 15 is 0 Å². The molecule has 1 saturated heterocycles. The lowest BCUT2D eigenvalue weighted by Gasteiger charge is -2.20. The summed E-state index contributed by atoms with van der Waals surface area (Å²) < 4.78 is 5.54. The summed E-state index contributed by atoms with van der Waals surface area (Å²) in [7, 11) is 0. The summed E-state index contributed by atoms with van der Waals surface area (Å²) in [6.07, 6.45) is 1.43. The molecular formula is C23H20N2O5S. The van der Waals surface area contributed by atoms with Crippen LogP contribution in [0.3, 0.4) is 0 Å². The van der Waals surface area contributed by atoms with Gasteiger partial charge in [0.1, 0.15) is 17.6 Å². The van der Waals surface area contributed by atoms with E-state index in [2.05, 4.69) is 4.98 Å². The Hall–Kier alpha value is -3.52. The zero-order chi connectivity index (χ0) is 22.4. The number of rotatable bonds is 4. The Labute approximate surface area is 182 Å². The molecule has 1 unspecified atom stereocenters. The first-order valence-corrected chi connectivity index (χ1v) is 10.4. The van der Waals surface area contributed by atoms with Crippen molar-refractivity contribution < 1.29 is 23.9 Å². The van der Waals surface area contributed by atoms with E-state index < -0.39 is 17.7 Å². The highest BCUT2D eigenvalue weighted by Gasteiger charge is 2.49. The largest absolute Gasteiger partial charge is 0.507 e. The van der Waals surface area contributed by atoms with Gasteiger partial charge in [-0.2, -0.15) is 0 Å². The van der Waals surface area contributed by atoms with Gasteiger partial charge in [-0.15, -0.1) is 0 Å². The second-order valence-electron chi connectivity index (χ2n) is 7.47. The van der Waals surface area contributed by atoms with Crippen molar-refractivity contribution in [3.05, 3.63) is 75.2 Å². The molecule has 0 radical (unpaired) electrons. The average molecular weight is 436 g/mol. The Bertz CT molecular complexity index is 1250. The van der Waals surface area contributed by atoms with Crippen LogP contribution in [0.5, 0.6) is 0 Å². The van der Waals surface area contributed by atoms with Gasteiger partial charge >= 0.3 is 5.91 Å². The minimum Gasteiger partial charge on any atom is -0.507 e. The predicted molar refractivity (Wildman–Crippen MR) is 116 cm³/mol. The van der Waals surface area contributed by atoms with Gasteiger partial charge in [0.25, 0.3) is 5.78 Å². The van der Waals surface area contributed by atoms with Gasteiger partial charge in [-0.1, -0.05) is 29.0 Å². The van der Waals surface area contributed by atoms with Gasteiger partial charge in [0.15, 0.2) is 10.9 Å². The molecule has 1 aliphatic heterocycles. The third-order valence-electron chi connectivity index (χ3n) is 5.22. The molecule has 1 amide bonds. The summed E-state index contributed by atoms with van der Waals surface area (Å²) in [5.41, 5.74) is 2.52. The second kappa shape index (κ2) is 7.63. The van der Waals surface area contributed by atoms with Crippen molar-refractivity contribution in [1.82, 2.24) is 4.98 Å². The second-order valence-corrected chi connectivity index (χ2v) is 8.45. The highest BCUT2D eigenvalue weighted by Crippen LogP contribution is 2.44. The highest BCUT2D eigenvalue weighted by molar-refractivity contribution is 7.18. The molecule has 0 spiro atoms. The van der Waals surface area contributed by atoms with E-state index in [1.807, 2.05) is 26.0 Å². The quantitative estimate of drug-likeness (QED) is 0.280. The lowest BCUT2D eigenvalue weighted by molar-refractivity contribution is -0.132. The molecule has 2 aromatic heterocycles. The van der Waals surface area contributed by atoms with E-state index in [0.29, 0.717) is 21.9 Å². The number of aryl methyl sites for hydroxylation is 3. The van der Waals surface area contributed by atoms with Gasteiger partial charge in [-0.25, -0.2) is 4.98 Å². The smallest absolute Gasteiger partial charge is 0.302 e. The first-order chi connectivity index (χ1) is 14.7. The Morgan fingerprint density at radius 1 is 1.19 bits per heavy atom. The zero-order valence-corrected chi connectivity index (χ0v) is 18.2. The van der Waals surface area contributed by atoms with Gasteiger partial charge in [-0.05, 0) is 44.5 Å². The Kier molecular flexibility index (Phi) is 5.10. The molecule has 1 aromatic carbocycles. The maximum Gasteiger partial charge on any atom is 0.302 e. The van der Waals surface area contributed by atoms with Crippen LogP contribution in [0, 0.1) is 20.8 Å². The molecule has 4 rings (SSSR count). The molecule has 1 atom stereocenters. The van der Waals surface area contributed by atoms with Crippen LogP contribution < -0.4 is 4.90 Å². The van der Waals surface area contributed by atoms with Crippen LogP contribution in [0.1, 0.15) is 50.8 Å². The summed E-state index contributed by atoms with van der Waals surface area (Å²) in [4.78, 5) is 44.0. The molecule has 3 aromatic rings. The van der Waals surface area contributed by atoms with Gasteiger partial charge in [0, 0.05) is 12.5 Å². The Morgan fingerprint density at radius 3 is 2.55 bits per heavy atom. The maximum atomic E-state index is 13.1. The summed E-state index contributed by atoms with van der Waals surface area (Å²) in [5, 5.41) is 11.4. The third kappa shape index (κ3) is 3.38. The van der Waals surface area contributed by atoms with Crippen molar-refractivity contribution in [3.63, 3.8) is 0 Å². The summed E-state index contributed by atoms with van der Waals surface area (Å²) >= 11 is 1.03. The SMILES string of the molecule is CC(=O)c1sc(N2C(=O)C(=O)/C(=C(/O)c3cc(C)ccc3C)C2c2ccco2)nc1C. The van der Waals surface area contributed by atoms with E-state index in [4.69, 9.17) is 4.42 Å². The van der Waals surface area contributed by atoms with Crippen LogP contribution in [-0.2, 0) is 9.59 Å². The Morgan fingerprint density at radius 2 is 1.94 bits per heavy atom. The van der Waals surface area contributed by atoms with E-state index in [1.54, 1.807) is 25.1 Å². The van der Waals surface area contributed by atoms with E-state index in [0.717, 1.165) is 22.5 Å². The van der Waals surface area contributed by atoms with Crippen LogP contribution in [0.15, 0.2) is 46.6 Å². The average Bonchev–Trinajstić information content (AvgIpc) is 3.43. The minimum atomic E-state index is -1.000. The number of benzene rings is 1. The standard InChI is InChI=1S/C23H20N2O5S/c1-11-7-8-12(2)15(10-11)19(27)17-18(16-6-5-9-30-16)25(22(29)20(17)28)23-24-13(3)21(31-23)14(4)26/h5-10,18,27H,1-4H3/b19-17+. The molecular weight excluding hydrogens is 416 g/mol. The number of furan rings is 1. The number of ketones is 2. The third-order valence-corrected chi connectivity index (χ3v) is 6.47. The molecule has 7 nitrogen and oxygen atoms in total. The monoisotopic (exact) mass is 436 g/mol. The maximum absolute atomic E-state index is 13.1. The highest BCUT2D eigenvalue weighted by atomic mass is 32.1. The van der Waals surface area contributed by atoms with E-state index in [-0.39, 0.29) is 22.2 Å².